The number of nitrogens with zero attached hydrogens (tertiary/aromatic N) is 1. The van der Waals surface area contributed by atoms with Gasteiger partial charge in [-0.25, -0.2) is 9.18 Å². The van der Waals surface area contributed by atoms with Crippen LogP contribution in [0.4, 0.5) is 4.39 Å². The smallest absolute Gasteiger partial charge is 0.338 e. The van der Waals surface area contributed by atoms with Gasteiger partial charge in [-0.2, -0.15) is 0 Å². The Morgan fingerprint density at radius 1 is 1.37 bits per heavy atom. The number of esters is 1. The number of benzene rings is 1. The van der Waals surface area contributed by atoms with Gasteiger partial charge in [0.05, 0.1) is 12.7 Å². The zero-order chi connectivity index (χ0) is 13.8. The predicted octanol–water partition coefficient (Wildman–Crippen LogP) is 3.25. The highest BCUT2D eigenvalue weighted by atomic mass is 35.5. The van der Waals surface area contributed by atoms with Crippen LogP contribution in [-0.4, -0.2) is 18.1 Å². The number of carbonyl (C=O) groups is 1. The molecule has 3 nitrogen and oxygen atoms in total. The molecule has 0 spiro atoms. The molecule has 98 valence electrons. The molecule has 0 radical (unpaired) electrons. The van der Waals surface area contributed by atoms with Gasteiger partial charge in [0.15, 0.2) is 0 Å². The topological polar surface area (TPSA) is 39.2 Å². The first kappa shape index (κ1) is 13.5. The Balaban J connectivity index is 2.38. The van der Waals surface area contributed by atoms with E-state index in [0.29, 0.717) is 28.1 Å². The van der Waals surface area contributed by atoms with Gasteiger partial charge in [-0.05, 0) is 35.4 Å². The maximum Gasteiger partial charge on any atom is 0.338 e. The van der Waals surface area contributed by atoms with Gasteiger partial charge in [0.1, 0.15) is 5.82 Å². The van der Waals surface area contributed by atoms with Crippen LogP contribution < -0.4 is 0 Å². The van der Waals surface area contributed by atoms with E-state index >= 15 is 0 Å². The lowest BCUT2D eigenvalue weighted by Gasteiger charge is -2.08. The minimum absolute atomic E-state index is 0.314. The first-order valence-corrected chi connectivity index (χ1v) is 5.94. The fourth-order valence-corrected chi connectivity index (χ4v) is 1.95. The molecule has 0 N–H and O–H groups in total. The molecule has 0 aliphatic rings. The lowest BCUT2D eigenvalue weighted by molar-refractivity contribution is 0.0599. The Hall–Kier alpha value is -1.94. The molecule has 5 heteroatoms. The molecular formula is C14H11ClFNO2. The number of pyridine rings is 1. The first-order chi connectivity index (χ1) is 9.11. The normalized spacial score (nSPS) is 10.3. The second kappa shape index (κ2) is 5.80. The fraction of sp³-hybridized carbons (Fsp3) is 0.143. The molecule has 1 heterocycles. The van der Waals surface area contributed by atoms with Crippen LogP contribution in [0.15, 0.2) is 36.7 Å². The van der Waals surface area contributed by atoms with E-state index in [1.54, 1.807) is 12.3 Å². The summed E-state index contributed by atoms with van der Waals surface area (Å²) in [6, 6.07) is 5.68. The number of ether oxygens (including phenoxy) is 1. The van der Waals surface area contributed by atoms with Crippen LogP contribution in [0.3, 0.4) is 0 Å². The maximum absolute atomic E-state index is 13.2. The third-order valence-corrected chi connectivity index (χ3v) is 3.07. The van der Waals surface area contributed by atoms with E-state index in [2.05, 4.69) is 4.98 Å². The standard InChI is InChI=1S/C14H11ClFNO2/c1-19-14(18)12-4-5-17-8-10(12)6-9-7-11(16)2-3-13(9)15/h2-5,7-8H,6H2,1H3. The minimum atomic E-state index is -0.454. The highest BCUT2D eigenvalue weighted by Gasteiger charge is 2.13. The Morgan fingerprint density at radius 3 is 2.89 bits per heavy atom. The molecule has 0 unspecified atom stereocenters. The summed E-state index contributed by atoms with van der Waals surface area (Å²) in [6.45, 7) is 0. The molecule has 2 rings (SSSR count). The van der Waals surface area contributed by atoms with Crippen LogP contribution >= 0.6 is 11.6 Å². The van der Waals surface area contributed by atoms with Gasteiger partial charge in [-0.3, -0.25) is 4.98 Å². The molecule has 0 aliphatic heterocycles. The summed E-state index contributed by atoms with van der Waals surface area (Å²) in [5.74, 6) is -0.826. The highest BCUT2D eigenvalue weighted by Crippen LogP contribution is 2.22. The molecule has 19 heavy (non-hydrogen) atoms. The summed E-state index contributed by atoms with van der Waals surface area (Å²) in [6.07, 6.45) is 3.37. The Kier molecular flexibility index (Phi) is 4.12. The third-order valence-electron chi connectivity index (χ3n) is 2.70. The number of aromatic nitrogens is 1. The van der Waals surface area contributed by atoms with Gasteiger partial charge < -0.3 is 4.74 Å². The Labute approximate surface area is 115 Å². The second-order valence-corrected chi connectivity index (χ2v) is 4.34. The quantitative estimate of drug-likeness (QED) is 0.810. The van der Waals surface area contributed by atoms with Crippen LogP contribution in [0.1, 0.15) is 21.5 Å². The second-order valence-electron chi connectivity index (χ2n) is 3.94. The van der Waals surface area contributed by atoms with Crippen LogP contribution in [-0.2, 0) is 11.2 Å². The molecule has 0 bridgehead atoms. The van der Waals surface area contributed by atoms with E-state index in [-0.39, 0.29) is 5.82 Å². The van der Waals surface area contributed by atoms with Crippen molar-refractivity contribution in [1.29, 1.82) is 0 Å². The minimum Gasteiger partial charge on any atom is -0.465 e. The van der Waals surface area contributed by atoms with Crippen LogP contribution in [0.2, 0.25) is 5.02 Å². The van der Waals surface area contributed by atoms with Crippen LogP contribution in [0, 0.1) is 5.82 Å². The average molecular weight is 280 g/mol. The van der Waals surface area contributed by atoms with Gasteiger partial charge in [-0.15, -0.1) is 0 Å². The van der Waals surface area contributed by atoms with Crippen LogP contribution in [0.25, 0.3) is 0 Å². The summed E-state index contributed by atoms with van der Waals surface area (Å²) in [5.41, 5.74) is 1.64. The third kappa shape index (κ3) is 3.09. The van der Waals surface area contributed by atoms with Crippen molar-refractivity contribution in [1.82, 2.24) is 4.98 Å². The molecule has 0 amide bonds. The van der Waals surface area contributed by atoms with Crippen molar-refractivity contribution in [2.24, 2.45) is 0 Å². The number of rotatable bonds is 3. The van der Waals surface area contributed by atoms with E-state index in [4.69, 9.17) is 16.3 Å². The van der Waals surface area contributed by atoms with Gasteiger partial charge in [0.25, 0.3) is 0 Å². The SMILES string of the molecule is COC(=O)c1ccncc1Cc1cc(F)ccc1Cl. The fourth-order valence-electron chi connectivity index (χ4n) is 1.76. The largest absolute Gasteiger partial charge is 0.465 e. The van der Waals surface area contributed by atoms with Crippen molar-refractivity contribution in [2.45, 2.75) is 6.42 Å². The van der Waals surface area contributed by atoms with Crippen molar-refractivity contribution in [3.63, 3.8) is 0 Å². The summed E-state index contributed by atoms with van der Waals surface area (Å²) in [4.78, 5) is 15.6. The average Bonchev–Trinajstić information content (AvgIpc) is 2.42. The van der Waals surface area contributed by atoms with E-state index in [1.807, 2.05) is 0 Å². The van der Waals surface area contributed by atoms with Gasteiger partial charge in [0.2, 0.25) is 0 Å². The molecule has 0 atom stereocenters. The summed E-state index contributed by atoms with van der Waals surface area (Å²) < 4.78 is 17.9. The van der Waals surface area contributed by atoms with Gasteiger partial charge in [-0.1, -0.05) is 11.6 Å². The molecule has 0 saturated carbocycles. The van der Waals surface area contributed by atoms with Crippen molar-refractivity contribution < 1.29 is 13.9 Å². The molecule has 1 aromatic heterocycles. The van der Waals surface area contributed by atoms with Crippen molar-refractivity contribution >= 4 is 17.6 Å². The number of hydrogen-bond acceptors (Lipinski definition) is 3. The Morgan fingerprint density at radius 2 is 2.16 bits per heavy atom. The van der Waals surface area contributed by atoms with E-state index < -0.39 is 5.97 Å². The zero-order valence-electron chi connectivity index (χ0n) is 10.2. The van der Waals surface area contributed by atoms with E-state index in [1.165, 1.54) is 31.5 Å². The van der Waals surface area contributed by atoms with Crippen molar-refractivity contribution in [2.75, 3.05) is 7.11 Å². The lowest BCUT2D eigenvalue weighted by Crippen LogP contribution is -2.07. The highest BCUT2D eigenvalue weighted by molar-refractivity contribution is 6.31. The van der Waals surface area contributed by atoms with Crippen molar-refractivity contribution in [3.05, 3.63) is 64.2 Å². The number of hydrogen-bond donors (Lipinski definition) is 0. The van der Waals surface area contributed by atoms with Gasteiger partial charge in [0, 0.05) is 23.8 Å². The van der Waals surface area contributed by atoms with E-state index in [0.717, 1.165) is 0 Å². The molecule has 0 aliphatic carbocycles. The Bertz CT molecular complexity index is 616. The van der Waals surface area contributed by atoms with Crippen LogP contribution in [0.5, 0.6) is 0 Å². The monoisotopic (exact) mass is 279 g/mol. The maximum atomic E-state index is 13.2. The molecule has 2 aromatic rings. The number of halogens is 2. The molecule has 0 saturated heterocycles. The lowest BCUT2D eigenvalue weighted by atomic mass is 10.0. The number of methoxy groups -OCH3 is 1. The molecular weight excluding hydrogens is 269 g/mol. The first-order valence-electron chi connectivity index (χ1n) is 5.57. The summed E-state index contributed by atoms with van der Waals surface area (Å²) in [5, 5.41) is 0.445. The molecule has 1 aromatic carbocycles. The van der Waals surface area contributed by atoms with E-state index in [9.17, 15) is 9.18 Å². The number of carbonyl (C=O) groups excluding carboxylic acids is 1. The molecule has 0 fully saturated rings. The summed E-state index contributed by atoms with van der Waals surface area (Å²) >= 11 is 6.01. The van der Waals surface area contributed by atoms with Crippen molar-refractivity contribution in [3.8, 4) is 0 Å². The zero-order valence-corrected chi connectivity index (χ0v) is 10.9. The van der Waals surface area contributed by atoms with Gasteiger partial charge >= 0.3 is 5.97 Å². The summed E-state index contributed by atoms with van der Waals surface area (Å²) in [7, 11) is 1.31. The predicted molar refractivity (Wildman–Crippen MR) is 69.8 cm³/mol.